The lowest BCUT2D eigenvalue weighted by atomic mass is 10.0. The Morgan fingerprint density at radius 1 is 1.33 bits per heavy atom. The van der Waals surface area contributed by atoms with Crippen molar-refractivity contribution in [3.05, 3.63) is 22.4 Å². The molecule has 2 N–H and O–H groups in total. The average Bonchev–Trinajstić information content (AvgIpc) is 2.80. The van der Waals surface area contributed by atoms with Gasteiger partial charge in [0.15, 0.2) is 0 Å². The lowest BCUT2D eigenvalue weighted by Crippen LogP contribution is -2.41. The lowest BCUT2D eigenvalue weighted by Gasteiger charge is -2.27. The van der Waals surface area contributed by atoms with Crippen LogP contribution in [-0.4, -0.2) is 17.2 Å². The molecule has 1 aliphatic carbocycles. The minimum absolute atomic E-state index is 0.201. The maximum atomic E-state index is 10.4. The van der Waals surface area contributed by atoms with E-state index in [9.17, 15) is 5.11 Å². The van der Waals surface area contributed by atoms with Gasteiger partial charge in [-0.15, -0.1) is 11.3 Å². The maximum Gasteiger partial charge on any atom is 0.103 e. The fourth-order valence-corrected chi connectivity index (χ4v) is 3.61. The van der Waals surface area contributed by atoms with Crippen LogP contribution in [-0.2, 0) is 0 Å². The van der Waals surface area contributed by atoms with Gasteiger partial charge in [-0.05, 0) is 30.7 Å². The molecule has 0 bridgehead atoms. The van der Waals surface area contributed by atoms with E-state index in [1.54, 1.807) is 11.3 Å². The van der Waals surface area contributed by atoms with Crippen molar-refractivity contribution in [1.29, 1.82) is 0 Å². The van der Waals surface area contributed by atoms with E-state index in [1.807, 2.05) is 17.5 Å². The van der Waals surface area contributed by atoms with Crippen molar-refractivity contribution >= 4 is 11.3 Å². The van der Waals surface area contributed by atoms with Gasteiger partial charge >= 0.3 is 0 Å². The highest BCUT2D eigenvalue weighted by Gasteiger charge is 2.23. The van der Waals surface area contributed by atoms with Crippen LogP contribution < -0.4 is 5.32 Å². The quantitative estimate of drug-likeness (QED) is 0.794. The first-order valence-electron chi connectivity index (χ1n) is 7.28. The van der Waals surface area contributed by atoms with Gasteiger partial charge in [0.05, 0.1) is 0 Å². The van der Waals surface area contributed by atoms with E-state index in [4.69, 9.17) is 0 Å². The predicted octanol–water partition coefficient (Wildman–Crippen LogP) is 3.87. The zero-order valence-electron chi connectivity index (χ0n) is 11.3. The third-order valence-corrected chi connectivity index (χ3v) is 4.90. The highest BCUT2D eigenvalue weighted by atomic mass is 32.1. The van der Waals surface area contributed by atoms with Gasteiger partial charge in [0.2, 0.25) is 0 Å². The summed E-state index contributed by atoms with van der Waals surface area (Å²) in [6.07, 6.45) is 8.60. The van der Waals surface area contributed by atoms with E-state index >= 15 is 0 Å². The summed E-state index contributed by atoms with van der Waals surface area (Å²) in [7, 11) is 0. The van der Waals surface area contributed by atoms with Gasteiger partial charge in [-0.2, -0.15) is 0 Å². The summed E-state index contributed by atoms with van der Waals surface area (Å²) in [5, 5.41) is 16.1. The molecule has 1 saturated carbocycles. The maximum absolute atomic E-state index is 10.4. The van der Waals surface area contributed by atoms with Crippen molar-refractivity contribution in [3.8, 4) is 0 Å². The molecule has 0 saturated heterocycles. The third-order valence-electron chi connectivity index (χ3n) is 3.96. The van der Waals surface area contributed by atoms with Crippen LogP contribution in [0.25, 0.3) is 0 Å². The standard InChI is InChI=1S/C15H25NOS/c1-2-13(15(17)14-10-7-11-18-14)16-12-8-5-3-4-6-9-12/h7,10-13,15-17H,2-6,8-9H2,1H3. The van der Waals surface area contributed by atoms with Crippen molar-refractivity contribution in [2.24, 2.45) is 0 Å². The number of nitrogens with one attached hydrogen (secondary N) is 1. The van der Waals surface area contributed by atoms with E-state index in [2.05, 4.69) is 12.2 Å². The molecule has 2 unspecified atom stereocenters. The van der Waals surface area contributed by atoms with Gasteiger partial charge < -0.3 is 10.4 Å². The molecule has 2 rings (SSSR count). The molecule has 0 radical (unpaired) electrons. The predicted molar refractivity (Wildman–Crippen MR) is 78.0 cm³/mol. The molecular formula is C15H25NOS. The van der Waals surface area contributed by atoms with Gasteiger partial charge in [0.1, 0.15) is 6.10 Å². The molecule has 1 aromatic rings. The van der Waals surface area contributed by atoms with Crippen LogP contribution in [0.5, 0.6) is 0 Å². The topological polar surface area (TPSA) is 32.3 Å². The Labute approximate surface area is 114 Å². The molecular weight excluding hydrogens is 242 g/mol. The van der Waals surface area contributed by atoms with E-state index < -0.39 is 0 Å². The second kappa shape index (κ2) is 7.27. The fourth-order valence-electron chi connectivity index (χ4n) is 2.84. The molecule has 0 amide bonds. The number of aliphatic hydroxyl groups is 1. The molecule has 2 nitrogen and oxygen atoms in total. The van der Waals surface area contributed by atoms with Crippen molar-refractivity contribution in [1.82, 2.24) is 5.32 Å². The molecule has 0 aromatic carbocycles. The summed E-state index contributed by atoms with van der Waals surface area (Å²) in [5.74, 6) is 0. The van der Waals surface area contributed by atoms with E-state index in [1.165, 1.54) is 38.5 Å². The van der Waals surface area contributed by atoms with Crippen molar-refractivity contribution < 1.29 is 5.11 Å². The molecule has 102 valence electrons. The number of rotatable bonds is 5. The van der Waals surface area contributed by atoms with Crippen LogP contribution >= 0.6 is 11.3 Å². The highest BCUT2D eigenvalue weighted by molar-refractivity contribution is 7.10. The average molecular weight is 267 g/mol. The Morgan fingerprint density at radius 2 is 2.06 bits per heavy atom. The van der Waals surface area contributed by atoms with Crippen LogP contribution in [0.4, 0.5) is 0 Å². The fraction of sp³-hybridized carbons (Fsp3) is 0.733. The first kappa shape index (κ1) is 14.0. The van der Waals surface area contributed by atoms with E-state index in [-0.39, 0.29) is 12.1 Å². The van der Waals surface area contributed by atoms with Crippen LogP contribution in [0.1, 0.15) is 62.9 Å². The summed E-state index contributed by atoms with van der Waals surface area (Å²) in [6, 6.07) is 4.85. The van der Waals surface area contributed by atoms with Crippen molar-refractivity contribution in [2.75, 3.05) is 0 Å². The Balaban J connectivity index is 1.91. The Hall–Kier alpha value is -0.380. The zero-order valence-corrected chi connectivity index (χ0v) is 12.1. The summed E-state index contributed by atoms with van der Waals surface area (Å²) >= 11 is 1.65. The van der Waals surface area contributed by atoms with Crippen LogP contribution in [0.3, 0.4) is 0 Å². The SMILES string of the molecule is CCC(NC1CCCCCC1)C(O)c1cccs1. The van der Waals surface area contributed by atoms with Crippen LogP contribution in [0.2, 0.25) is 0 Å². The highest BCUT2D eigenvalue weighted by Crippen LogP contribution is 2.25. The van der Waals surface area contributed by atoms with Gasteiger partial charge in [0.25, 0.3) is 0 Å². The molecule has 0 aliphatic heterocycles. The second-order valence-corrected chi connectivity index (χ2v) is 6.31. The number of thiophene rings is 1. The monoisotopic (exact) mass is 267 g/mol. The van der Waals surface area contributed by atoms with Crippen LogP contribution in [0, 0.1) is 0 Å². The summed E-state index contributed by atoms with van der Waals surface area (Å²) in [6.45, 7) is 2.16. The largest absolute Gasteiger partial charge is 0.386 e. The lowest BCUT2D eigenvalue weighted by molar-refractivity contribution is 0.120. The van der Waals surface area contributed by atoms with Crippen molar-refractivity contribution in [2.45, 2.75) is 70.1 Å². The first-order chi connectivity index (χ1) is 8.81. The molecule has 1 heterocycles. The van der Waals surface area contributed by atoms with Gasteiger partial charge in [-0.25, -0.2) is 0 Å². The molecule has 2 atom stereocenters. The smallest absolute Gasteiger partial charge is 0.103 e. The zero-order chi connectivity index (χ0) is 12.8. The molecule has 3 heteroatoms. The molecule has 1 aromatic heterocycles. The molecule has 0 spiro atoms. The third kappa shape index (κ3) is 3.81. The summed E-state index contributed by atoms with van der Waals surface area (Å²) < 4.78 is 0. The Kier molecular flexibility index (Phi) is 5.67. The minimum Gasteiger partial charge on any atom is -0.386 e. The van der Waals surface area contributed by atoms with E-state index in [0.717, 1.165) is 11.3 Å². The van der Waals surface area contributed by atoms with Gasteiger partial charge in [-0.3, -0.25) is 0 Å². The normalized spacial score (nSPS) is 21.4. The molecule has 18 heavy (non-hydrogen) atoms. The second-order valence-electron chi connectivity index (χ2n) is 5.33. The Bertz CT molecular complexity index is 317. The van der Waals surface area contributed by atoms with Gasteiger partial charge in [0, 0.05) is 17.0 Å². The van der Waals surface area contributed by atoms with Crippen molar-refractivity contribution in [3.63, 3.8) is 0 Å². The number of hydrogen-bond acceptors (Lipinski definition) is 3. The Morgan fingerprint density at radius 3 is 2.61 bits per heavy atom. The van der Waals surface area contributed by atoms with Gasteiger partial charge in [-0.1, -0.05) is 38.7 Å². The first-order valence-corrected chi connectivity index (χ1v) is 8.16. The van der Waals surface area contributed by atoms with Crippen LogP contribution in [0.15, 0.2) is 17.5 Å². The minimum atomic E-state index is -0.349. The molecule has 1 aliphatic rings. The summed E-state index contributed by atoms with van der Waals surface area (Å²) in [4.78, 5) is 1.09. The number of aliphatic hydroxyl groups excluding tert-OH is 1. The molecule has 1 fully saturated rings. The van der Waals surface area contributed by atoms with E-state index in [0.29, 0.717) is 6.04 Å². The summed E-state index contributed by atoms with van der Waals surface area (Å²) in [5.41, 5.74) is 0. The number of hydrogen-bond donors (Lipinski definition) is 2.